The fourth-order valence-corrected chi connectivity index (χ4v) is 12.1. The number of nitrogens with zero attached hydrogens (tertiary/aromatic N) is 8. The van der Waals surface area contributed by atoms with Crippen LogP contribution in [0, 0.1) is 25.6 Å². The number of rotatable bonds is 9. The average Bonchev–Trinajstić information content (AvgIpc) is 3.80. The van der Waals surface area contributed by atoms with Gasteiger partial charge < -0.3 is 14.2 Å². The highest BCUT2D eigenvalue weighted by molar-refractivity contribution is 7.93. The van der Waals surface area contributed by atoms with Crippen molar-refractivity contribution in [3.8, 4) is 17.2 Å². The second kappa shape index (κ2) is 15.7. The molecule has 4 aromatic heterocycles. The number of hydrogen-bond acceptors (Lipinski definition) is 9. The van der Waals surface area contributed by atoms with Crippen molar-refractivity contribution in [1.82, 2.24) is 37.7 Å². The third-order valence-corrected chi connectivity index (χ3v) is 16.7. The highest BCUT2D eigenvalue weighted by Crippen LogP contribution is 2.56. The fraction of sp³-hybridized carbons (Fsp3) is 0.383. The first-order valence-electron chi connectivity index (χ1n) is 21.8. The summed E-state index contributed by atoms with van der Waals surface area (Å²) < 4.78 is 49.7. The molecule has 17 heteroatoms. The number of nitrogens with one attached hydrogen (secondary N) is 1. The lowest BCUT2D eigenvalue weighted by molar-refractivity contribution is 0.0663. The number of imidazole rings is 1. The smallest absolute Gasteiger partial charge is 0.338 e. The number of ether oxygens (including phenoxy) is 1. The van der Waals surface area contributed by atoms with Crippen molar-refractivity contribution in [2.24, 2.45) is 10.3 Å². The van der Waals surface area contributed by atoms with Gasteiger partial charge in [-0.1, -0.05) is 19.9 Å². The molecule has 3 aromatic carbocycles. The molecule has 10 rings (SSSR count). The Balaban J connectivity index is 1.11. The van der Waals surface area contributed by atoms with Crippen molar-refractivity contribution in [3.63, 3.8) is 0 Å². The minimum Gasteiger partial charge on any atom is -0.381 e. The standard InChI is InChI=1S/C47H50FN9O5S2/c1-7-64(61,49-6)36-11-9-34(10-12-36)54-18-19-55(46(54)60)42-40-30(5)53(17-14-37(40)51-57(42)35-22-27(2)41(48)28(3)23-35)43(58)39-25-33-24-32(31-15-20-62-21-16-31)8-13-38(33)56(39)47(26-29(47)4)44-50-45(59)63-52-44/h8-13,18-19,22-25,29-31H,7,14-17,20-21,26H2,1-6H3,(H,50,52,59)/t29-,30-,47-,64+/m0/s1. The van der Waals surface area contributed by atoms with Gasteiger partial charge in [0.15, 0.2) is 0 Å². The molecular weight excluding hydrogens is 854 g/mol. The maximum Gasteiger partial charge on any atom is 0.338 e. The third kappa shape index (κ3) is 6.56. The van der Waals surface area contributed by atoms with Crippen LogP contribution in [-0.4, -0.2) is 80.4 Å². The summed E-state index contributed by atoms with van der Waals surface area (Å²) in [6.45, 7) is 11.1. The van der Waals surface area contributed by atoms with Crippen LogP contribution in [0.3, 0.4) is 0 Å². The van der Waals surface area contributed by atoms with Gasteiger partial charge >= 0.3 is 10.6 Å². The van der Waals surface area contributed by atoms with E-state index in [1.54, 1.807) is 74.4 Å². The van der Waals surface area contributed by atoms with Crippen LogP contribution >= 0.6 is 11.5 Å². The van der Waals surface area contributed by atoms with Crippen molar-refractivity contribution in [3.05, 3.63) is 138 Å². The van der Waals surface area contributed by atoms with Crippen LogP contribution in [0.25, 0.3) is 28.1 Å². The number of carbonyl (C=O) groups excluding carboxylic acids is 1. The third-order valence-electron chi connectivity index (χ3n) is 13.8. The van der Waals surface area contributed by atoms with Crippen LogP contribution in [0.2, 0.25) is 0 Å². The normalized spacial score (nSPS) is 21.0. The molecule has 7 aromatic rings. The molecule has 2 fully saturated rings. The molecule has 1 aliphatic carbocycles. The van der Waals surface area contributed by atoms with Crippen molar-refractivity contribution in [2.75, 3.05) is 32.6 Å². The first kappa shape index (κ1) is 42.1. The van der Waals surface area contributed by atoms with E-state index < -0.39 is 21.3 Å². The Kier molecular flexibility index (Phi) is 10.3. The molecule has 2 aliphatic heterocycles. The number of aromatic amines is 1. The number of fused-ring (bicyclic) bond motifs is 2. The van der Waals surface area contributed by atoms with Gasteiger partial charge in [0.25, 0.3) is 5.91 Å². The number of H-pyrrole nitrogens is 1. The number of aromatic nitrogens is 7. The van der Waals surface area contributed by atoms with Gasteiger partial charge in [0, 0.05) is 84.3 Å². The number of benzene rings is 3. The highest BCUT2D eigenvalue weighted by Gasteiger charge is 2.58. The molecule has 0 bridgehead atoms. The van der Waals surface area contributed by atoms with Crippen LogP contribution in [0.4, 0.5) is 4.39 Å². The molecule has 64 heavy (non-hydrogen) atoms. The zero-order valence-corrected chi connectivity index (χ0v) is 38.3. The van der Waals surface area contributed by atoms with Crippen LogP contribution < -0.4 is 10.6 Å². The maximum absolute atomic E-state index is 15.5. The van der Waals surface area contributed by atoms with E-state index in [0.29, 0.717) is 94.6 Å². The lowest BCUT2D eigenvalue weighted by atomic mass is 9.91. The first-order chi connectivity index (χ1) is 30.8. The number of carbonyl (C=O) groups is 1. The van der Waals surface area contributed by atoms with E-state index in [-0.39, 0.29) is 28.2 Å². The predicted octanol–water partition coefficient (Wildman–Crippen LogP) is 7.58. The molecule has 1 saturated heterocycles. The monoisotopic (exact) mass is 903 g/mol. The van der Waals surface area contributed by atoms with Gasteiger partial charge in [0.1, 0.15) is 28.7 Å². The number of hydrogen-bond donors (Lipinski definition) is 1. The lowest BCUT2D eigenvalue weighted by Gasteiger charge is -2.34. The number of halogens is 1. The van der Waals surface area contributed by atoms with E-state index in [1.807, 2.05) is 24.8 Å². The fourth-order valence-electron chi connectivity index (χ4n) is 10.2. The Labute approximate surface area is 373 Å². The van der Waals surface area contributed by atoms with E-state index in [4.69, 9.17) is 9.84 Å². The number of aryl methyl sites for hydroxylation is 2. The second-order valence-electron chi connectivity index (χ2n) is 17.4. The Morgan fingerprint density at radius 2 is 1.70 bits per heavy atom. The summed E-state index contributed by atoms with van der Waals surface area (Å²) in [7, 11) is -1.03. The van der Waals surface area contributed by atoms with E-state index in [2.05, 4.69) is 43.4 Å². The van der Waals surface area contributed by atoms with Crippen molar-refractivity contribution in [2.45, 2.75) is 82.7 Å². The topological polar surface area (TPSA) is 154 Å². The number of amides is 1. The molecule has 1 N–H and O–H groups in total. The Morgan fingerprint density at radius 1 is 1.00 bits per heavy atom. The summed E-state index contributed by atoms with van der Waals surface area (Å²) in [6.07, 6.45) is 6.30. The maximum atomic E-state index is 15.5. The minimum atomic E-state index is -2.58. The largest absolute Gasteiger partial charge is 0.381 e. The molecule has 0 spiro atoms. The highest BCUT2D eigenvalue weighted by atomic mass is 32.2. The molecule has 3 aliphatic rings. The van der Waals surface area contributed by atoms with E-state index in [1.165, 1.54) is 14.7 Å². The molecule has 1 amide bonds. The van der Waals surface area contributed by atoms with Crippen molar-refractivity contribution < 1.29 is 18.1 Å². The van der Waals surface area contributed by atoms with E-state index >= 15 is 9.18 Å². The van der Waals surface area contributed by atoms with Gasteiger partial charge in [-0.05, 0) is 123 Å². The molecule has 4 atom stereocenters. The summed E-state index contributed by atoms with van der Waals surface area (Å²) in [5.74, 6) is 1.28. The molecule has 332 valence electrons. The van der Waals surface area contributed by atoms with Crippen LogP contribution in [0.5, 0.6) is 0 Å². The molecule has 6 heterocycles. The van der Waals surface area contributed by atoms with E-state index in [0.717, 1.165) is 41.0 Å². The average molecular weight is 904 g/mol. The zero-order valence-electron chi connectivity index (χ0n) is 36.6. The lowest BCUT2D eigenvalue weighted by Crippen LogP contribution is -2.41. The SMILES string of the molecule is CC[S@](=O)(=NC)c1ccc(-n2ccn(-c3c4c(nn3-c3cc(C)c(F)c(C)c3)CCN(C(=O)c3cc5cc(C6CCOCC6)ccc5n3[C@@]3(c5nsc(=O)[nH]5)C[C@@H]3C)[C@H]4C)c2=O)cc1. The van der Waals surface area contributed by atoms with Gasteiger partial charge in [0.2, 0.25) is 0 Å². The predicted molar refractivity (Wildman–Crippen MR) is 245 cm³/mol. The summed E-state index contributed by atoms with van der Waals surface area (Å²) >= 11 is 0.883. The summed E-state index contributed by atoms with van der Waals surface area (Å²) in [6, 6.07) is 18.3. The molecule has 0 unspecified atom stereocenters. The van der Waals surface area contributed by atoms with Crippen LogP contribution in [-0.2, 0) is 26.4 Å². The Hall–Kier alpha value is -5.91. The van der Waals surface area contributed by atoms with Gasteiger partial charge in [-0.2, -0.15) is 9.47 Å². The quantitative estimate of drug-likeness (QED) is 0.157. The molecular formula is C47H50FN9O5S2. The zero-order chi connectivity index (χ0) is 44.8. The van der Waals surface area contributed by atoms with Crippen LogP contribution in [0.15, 0.2) is 91.9 Å². The molecule has 1 saturated carbocycles. The summed E-state index contributed by atoms with van der Waals surface area (Å²) in [5.41, 5.74) is 4.91. The van der Waals surface area contributed by atoms with Gasteiger partial charge in [-0.15, -0.1) is 0 Å². The van der Waals surface area contributed by atoms with Crippen molar-refractivity contribution >= 4 is 38.1 Å². The van der Waals surface area contributed by atoms with Gasteiger partial charge in [-0.3, -0.25) is 23.7 Å². The second-order valence-corrected chi connectivity index (χ2v) is 20.8. The van der Waals surface area contributed by atoms with E-state index in [9.17, 15) is 13.8 Å². The first-order valence-corrected chi connectivity index (χ1v) is 24.3. The Bertz CT molecular complexity index is 3230. The molecule has 0 radical (unpaired) electrons. The molecule has 14 nitrogen and oxygen atoms in total. The summed E-state index contributed by atoms with van der Waals surface area (Å²) in [5, 5.41) is 6.04. The van der Waals surface area contributed by atoms with Gasteiger partial charge in [-0.25, -0.2) is 22.4 Å². The Morgan fingerprint density at radius 3 is 2.34 bits per heavy atom. The van der Waals surface area contributed by atoms with Crippen molar-refractivity contribution in [1.29, 1.82) is 0 Å². The van der Waals surface area contributed by atoms with Gasteiger partial charge in [0.05, 0.1) is 32.8 Å². The van der Waals surface area contributed by atoms with Crippen LogP contribution in [0.1, 0.15) is 96.3 Å². The minimum absolute atomic E-state index is 0.0879. The summed E-state index contributed by atoms with van der Waals surface area (Å²) in [4.78, 5) is 47.9.